The number of aromatic nitrogens is 6. The highest BCUT2D eigenvalue weighted by Crippen LogP contribution is 2.28. The summed E-state index contributed by atoms with van der Waals surface area (Å²) < 4.78 is 30.4. The molecule has 0 aliphatic carbocycles. The number of anilines is 1. The van der Waals surface area contributed by atoms with E-state index in [2.05, 4.69) is 30.8 Å². The lowest BCUT2D eigenvalue weighted by Crippen LogP contribution is -2.46. The Morgan fingerprint density at radius 1 is 1.15 bits per heavy atom. The predicted molar refractivity (Wildman–Crippen MR) is 160 cm³/mol. The van der Waals surface area contributed by atoms with E-state index in [4.69, 9.17) is 35.1 Å². The molecule has 5 rings (SSSR count). The van der Waals surface area contributed by atoms with Crippen LogP contribution in [-0.2, 0) is 23.6 Å². The van der Waals surface area contributed by atoms with Gasteiger partial charge in [-0.2, -0.15) is 14.5 Å². The van der Waals surface area contributed by atoms with Crippen molar-refractivity contribution in [3.05, 3.63) is 65.2 Å². The van der Waals surface area contributed by atoms with Gasteiger partial charge in [-0.1, -0.05) is 29.0 Å². The summed E-state index contributed by atoms with van der Waals surface area (Å²) in [4.78, 5) is 8.99. The highest BCUT2D eigenvalue weighted by molar-refractivity contribution is 7.89. The molecule has 206 valence electrons. The van der Waals surface area contributed by atoms with Crippen LogP contribution in [0.3, 0.4) is 0 Å². The number of halogens is 1. The Labute approximate surface area is 248 Å². The lowest BCUT2D eigenvalue weighted by Gasteiger charge is -2.31. The Balaban J connectivity index is 1.25. The third-order valence-electron chi connectivity index (χ3n) is 6.79. The average Bonchev–Trinajstić information content (AvgIpc) is 3.58. The summed E-state index contributed by atoms with van der Waals surface area (Å²) in [5, 5.41) is 13.7. The van der Waals surface area contributed by atoms with Crippen molar-refractivity contribution in [2.45, 2.75) is 42.6 Å². The maximum Gasteiger partial charge on any atom is 0.262 e. The van der Waals surface area contributed by atoms with Gasteiger partial charge in [0.25, 0.3) is 10.0 Å². The molecule has 2 N–H and O–H groups in total. The number of rotatable bonds is 9. The van der Waals surface area contributed by atoms with E-state index in [1.165, 1.54) is 15.1 Å². The lowest BCUT2D eigenvalue weighted by molar-refractivity contribution is 0.328. The van der Waals surface area contributed by atoms with Crippen LogP contribution in [0.5, 0.6) is 0 Å². The molecule has 0 spiro atoms. The van der Waals surface area contributed by atoms with Crippen LogP contribution in [0, 0.1) is 6.92 Å². The van der Waals surface area contributed by atoms with E-state index < -0.39 is 15.3 Å². The van der Waals surface area contributed by atoms with Crippen molar-refractivity contribution in [3.8, 4) is 16.9 Å². The van der Waals surface area contributed by atoms with Crippen LogP contribution < -0.4 is 10.6 Å². The van der Waals surface area contributed by atoms with Crippen LogP contribution in [0.25, 0.3) is 16.9 Å². The van der Waals surface area contributed by atoms with Crippen LogP contribution >= 0.6 is 11.6 Å². The fourth-order valence-electron chi connectivity index (χ4n) is 4.64. The van der Waals surface area contributed by atoms with E-state index in [0.29, 0.717) is 49.1 Å². The van der Waals surface area contributed by atoms with Gasteiger partial charge in [-0.3, -0.25) is 4.68 Å². The Bertz CT molecular complexity index is 1650. The lowest BCUT2D eigenvalue weighted by atomic mass is 9.49. The van der Waals surface area contributed by atoms with Crippen molar-refractivity contribution >= 4 is 51.1 Å². The highest BCUT2D eigenvalue weighted by atomic mass is 35.5. The molecule has 0 atom stereocenters. The van der Waals surface area contributed by atoms with E-state index in [9.17, 15) is 8.42 Å². The molecule has 4 heterocycles. The first-order chi connectivity index (χ1) is 19.4. The first-order valence-electron chi connectivity index (χ1n) is 12.9. The highest BCUT2D eigenvalue weighted by Gasteiger charge is 2.31. The molecule has 0 saturated carbocycles. The number of hydrogen-bond donors (Lipinski definition) is 2. The number of aryl methyl sites for hydroxylation is 2. The first kappa shape index (κ1) is 29.4. The fraction of sp³-hybridized carbons (Fsp3) is 0.360. The van der Waals surface area contributed by atoms with Gasteiger partial charge in [-0.05, 0) is 43.0 Å². The van der Waals surface area contributed by atoms with Gasteiger partial charge < -0.3 is 10.6 Å². The molecule has 0 bridgehead atoms. The Hall–Kier alpha value is -3.13. The normalized spacial score (nSPS) is 15.3. The zero-order chi connectivity index (χ0) is 29.4. The third-order valence-corrected chi connectivity index (χ3v) is 8.86. The van der Waals surface area contributed by atoms with Gasteiger partial charge in [0.05, 0.1) is 52.3 Å². The summed E-state index contributed by atoms with van der Waals surface area (Å²) in [7, 11) is 14.9. The van der Waals surface area contributed by atoms with E-state index in [0.717, 1.165) is 22.4 Å². The van der Waals surface area contributed by atoms with Crippen LogP contribution in [0.1, 0.15) is 24.0 Å². The minimum Gasteiger partial charge on any atom is -0.351 e. The van der Waals surface area contributed by atoms with Crippen molar-refractivity contribution in [2.75, 3.05) is 18.4 Å². The molecule has 3 aromatic heterocycles. The van der Waals surface area contributed by atoms with Crippen LogP contribution in [0.4, 0.5) is 5.95 Å². The Kier molecular flexibility index (Phi) is 8.33. The van der Waals surface area contributed by atoms with Gasteiger partial charge in [0.1, 0.15) is 0 Å². The fourth-order valence-corrected chi connectivity index (χ4v) is 6.26. The zero-order valence-electron chi connectivity index (χ0n) is 22.7. The largest absolute Gasteiger partial charge is 0.351 e. The van der Waals surface area contributed by atoms with E-state index in [1.54, 1.807) is 30.3 Å². The molecular weight excluding hydrogens is 558 g/mol. The van der Waals surface area contributed by atoms with Crippen molar-refractivity contribution in [3.63, 3.8) is 0 Å². The third kappa shape index (κ3) is 6.86. The Morgan fingerprint density at radius 2 is 1.90 bits per heavy atom. The molecule has 1 aliphatic heterocycles. The minimum absolute atomic E-state index is 0.000515. The number of benzene rings is 1. The second kappa shape index (κ2) is 11.6. The number of nitrogens with zero attached hydrogens (tertiary/aromatic N) is 7. The van der Waals surface area contributed by atoms with Crippen molar-refractivity contribution in [1.82, 2.24) is 39.2 Å². The van der Waals surface area contributed by atoms with Crippen molar-refractivity contribution in [1.29, 1.82) is 0 Å². The first-order valence-corrected chi connectivity index (χ1v) is 14.8. The quantitative estimate of drug-likeness (QED) is 0.284. The molecule has 0 unspecified atom stereocenters. The van der Waals surface area contributed by atoms with Crippen LogP contribution in [0.15, 0.2) is 54.1 Å². The summed E-state index contributed by atoms with van der Waals surface area (Å²) in [5.41, 5.74) is 4.10. The molecule has 11 nitrogen and oxygen atoms in total. The van der Waals surface area contributed by atoms with Gasteiger partial charge in [0.2, 0.25) is 5.95 Å². The number of hydrogen-bond acceptors (Lipinski definition) is 8. The maximum atomic E-state index is 12.9. The van der Waals surface area contributed by atoms with E-state index >= 15 is 0 Å². The molecule has 16 heteroatoms. The second-order valence-electron chi connectivity index (χ2n) is 10.1. The van der Waals surface area contributed by atoms with Crippen molar-refractivity contribution in [2.24, 2.45) is 7.05 Å². The Morgan fingerprint density at radius 3 is 2.56 bits per heavy atom. The summed E-state index contributed by atoms with van der Waals surface area (Å²) in [5.74, 6) is 0.409. The molecule has 1 aliphatic rings. The molecule has 1 aromatic carbocycles. The predicted octanol–water partition coefficient (Wildman–Crippen LogP) is 1.50. The number of piperidine rings is 1. The van der Waals surface area contributed by atoms with Gasteiger partial charge in [-0.25, -0.2) is 23.1 Å². The molecule has 6 radical (unpaired) electrons. The molecule has 1 saturated heterocycles. The summed E-state index contributed by atoms with van der Waals surface area (Å²) in [6.45, 7) is 3.13. The number of sulfonamides is 1. The van der Waals surface area contributed by atoms with Crippen LogP contribution in [-0.4, -0.2) is 90.2 Å². The molecular formula is C25H27B3ClN9O2S. The standard InChI is InChI=1S/C25H27B3ClN9O2S/c1-16-11-17(12-31-25(26,27)28)3-4-21(16)38-15-18(13-32-38)23-20(29)14-30-24(34-23)33-19-5-9-37(10-6-19)41(39,40)22-7-8-36(2)35-22/h3-4,7-8,11,13-15,19,31H,5-6,9-10,12H2,1-2H3,(H,30,33,34). The van der Waals surface area contributed by atoms with Gasteiger partial charge in [0, 0.05) is 50.7 Å². The summed E-state index contributed by atoms with van der Waals surface area (Å²) in [6.07, 6.45) is 7.90. The minimum atomic E-state index is -3.62. The van der Waals surface area contributed by atoms with Gasteiger partial charge >= 0.3 is 0 Å². The monoisotopic (exact) mass is 585 g/mol. The van der Waals surface area contributed by atoms with Crippen LogP contribution in [0.2, 0.25) is 5.02 Å². The SMILES string of the molecule is [B]C([B])([B])NCc1ccc(-n2cc(-c3nc(NC4CCN(S(=O)(=O)c5ccn(C)n5)CC4)ncc3Cl)cn2)c(C)c1. The van der Waals surface area contributed by atoms with Crippen molar-refractivity contribution < 1.29 is 8.42 Å². The second-order valence-corrected chi connectivity index (χ2v) is 12.4. The molecule has 0 amide bonds. The molecule has 41 heavy (non-hydrogen) atoms. The summed E-state index contributed by atoms with van der Waals surface area (Å²) >= 11 is 6.47. The van der Waals surface area contributed by atoms with Gasteiger partial charge in [0.15, 0.2) is 5.03 Å². The average molecular weight is 586 g/mol. The van der Waals surface area contributed by atoms with E-state index in [-0.39, 0.29) is 11.1 Å². The molecule has 4 aromatic rings. The summed E-state index contributed by atoms with van der Waals surface area (Å²) in [6, 6.07) is 7.40. The topological polar surface area (TPSA) is 123 Å². The van der Waals surface area contributed by atoms with Gasteiger partial charge in [-0.15, -0.1) is 0 Å². The molecule has 1 fully saturated rings. The van der Waals surface area contributed by atoms with E-state index in [1.807, 2.05) is 31.3 Å². The zero-order valence-corrected chi connectivity index (χ0v) is 24.3. The maximum absolute atomic E-state index is 12.9. The smallest absolute Gasteiger partial charge is 0.262 e. The number of nitrogens with one attached hydrogen (secondary N) is 2.